The van der Waals surface area contributed by atoms with E-state index in [0.29, 0.717) is 24.6 Å². The maximum absolute atomic E-state index is 13.0. The molecule has 1 fully saturated rings. The topological polar surface area (TPSA) is 108 Å². The van der Waals surface area contributed by atoms with Crippen LogP contribution in [-0.2, 0) is 16.6 Å². The number of benzene rings is 1. The van der Waals surface area contributed by atoms with Crippen molar-refractivity contribution in [2.75, 3.05) is 13.1 Å². The molecular weight excluding hydrogens is 424 g/mol. The molecule has 0 saturated carbocycles. The van der Waals surface area contributed by atoms with Crippen LogP contribution >= 0.6 is 0 Å². The highest BCUT2D eigenvalue weighted by Crippen LogP contribution is 2.27. The summed E-state index contributed by atoms with van der Waals surface area (Å²) in [5, 5.41) is 15.9. The fourth-order valence-corrected chi connectivity index (χ4v) is 5.79. The van der Waals surface area contributed by atoms with Gasteiger partial charge in [0.1, 0.15) is 0 Å². The number of nitrogens with zero attached hydrogens (tertiary/aromatic N) is 5. The number of nitriles is 1. The van der Waals surface area contributed by atoms with Crippen LogP contribution in [0.15, 0.2) is 66.0 Å². The van der Waals surface area contributed by atoms with Gasteiger partial charge in [0.15, 0.2) is 0 Å². The monoisotopic (exact) mass is 446 g/mol. The first kappa shape index (κ1) is 20.4. The Balaban J connectivity index is 1.27. The minimum absolute atomic E-state index is 0.186. The molecular formula is C23H22N6O2S. The van der Waals surface area contributed by atoms with Crippen LogP contribution in [0, 0.1) is 17.2 Å². The molecule has 0 radical (unpaired) electrons. The Hall–Kier alpha value is -3.48. The fraction of sp³-hybridized carbons (Fsp3) is 0.261. The van der Waals surface area contributed by atoms with Crippen LogP contribution in [-0.4, -0.2) is 45.6 Å². The second-order valence-corrected chi connectivity index (χ2v) is 9.98. The molecule has 1 N–H and O–H groups in total. The number of hydrogen-bond donors (Lipinski definition) is 1. The number of aromatic amines is 1. The average molecular weight is 447 g/mol. The Morgan fingerprint density at radius 3 is 2.75 bits per heavy atom. The maximum Gasteiger partial charge on any atom is 0.243 e. The third-order valence-electron chi connectivity index (χ3n) is 6.05. The first-order valence-corrected chi connectivity index (χ1v) is 11.9. The van der Waals surface area contributed by atoms with Crippen molar-refractivity contribution in [3.8, 4) is 17.3 Å². The Morgan fingerprint density at radius 2 is 2.00 bits per heavy atom. The first-order chi connectivity index (χ1) is 15.5. The summed E-state index contributed by atoms with van der Waals surface area (Å²) in [6.45, 7) is 1.78. The molecule has 0 amide bonds. The fourth-order valence-electron chi connectivity index (χ4n) is 4.27. The lowest BCUT2D eigenvalue weighted by Gasteiger charge is -2.31. The predicted octanol–water partition coefficient (Wildman–Crippen LogP) is 3.40. The van der Waals surface area contributed by atoms with Gasteiger partial charge in [-0.25, -0.2) is 13.4 Å². The molecule has 4 aromatic rings. The van der Waals surface area contributed by atoms with Crippen molar-refractivity contribution in [1.82, 2.24) is 24.1 Å². The van der Waals surface area contributed by atoms with Crippen molar-refractivity contribution in [1.29, 1.82) is 5.26 Å². The molecule has 1 aromatic carbocycles. The van der Waals surface area contributed by atoms with E-state index in [-0.39, 0.29) is 4.90 Å². The zero-order valence-corrected chi connectivity index (χ0v) is 18.2. The van der Waals surface area contributed by atoms with E-state index in [1.54, 1.807) is 24.4 Å². The lowest BCUT2D eigenvalue weighted by atomic mass is 9.98. The second kappa shape index (κ2) is 8.22. The highest BCUT2D eigenvalue weighted by molar-refractivity contribution is 7.89. The minimum Gasteiger partial charge on any atom is -0.346 e. The number of pyridine rings is 1. The van der Waals surface area contributed by atoms with Crippen molar-refractivity contribution in [3.05, 3.63) is 66.6 Å². The van der Waals surface area contributed by atoms with Crippen LogP contribution in [0.25, 0.3) is 22.3 Å². The third kappa shape index (κ3) is 3.79. The van der Waals surface area contributed by atoms with Crippen LogP contribution in [0.4, 0.5) is 0 Å². The molecule has 162 valence electrons. The van der Waals surface area contributed by atoms with Gasteiger partial charge in [0.2, 0.25) is 10.0 Å². The summed E-state index contributed by atoms with van der Waals surface area (Å²) in [4.78, 5) is 4.92. The Morgan fingerprint density at radius 1 is 1.16 bits per heavy atom. The summed E-state index contributed by atoms with van der Waals surface area (Å²) < 4.78 is 29.7. The van der Waals surface area contributed by atoms with Crippen molar-refractivity contribution >= 4 is 21.1 Å². The van der Waals surface area contributed by atoms with Gasteiger partial charge in [-0.05, 0) is 55.2 Å². The number of aromatic nitrogens is 4. The summed E-state index contributed by atoms with van der Waals surface area (Å²) in [6, 6.07) is 14.3. The van der Waals surface area contributed by atoms with Gasteiger partial charge in [0, 0.05) is 37.6 Å². The number of rotatable bonds is 5. The van der Waals surface area contributed by atoms with Gasteiger partial charge in [0.25, 0.3) is 0 Å². The molecule has 9 heteroatoms. The summed E-state index contributed by atoms with van der Waals surface area (Å²) in [6.07, 6.45) is 7.20. The molecule has 5 rings (SSSR count). The number of hydrogen-bond acceptors (Lipinski definition) is 5. The molecule has 32 heavy (non-hydrogen) atoms. The van der Waals surface area contributed by atoms with E-state index in [9.17, 15) is 8.42 Å². The van der Waals surface area contributed by atoms with E-state index in [4.69, 9.17) is 10.2 Å². The van der Waals surface area contributed by atoms with E-state index >= 15 is 0 Å². The molecule has 4 heterocycles. The van der Waals surface area contributed by atoms with Crippen LogP contribution in [0.3, 0.4) is 0 Å². The van der Waals surface area contributed by atoms with E-state index in [0.717, 1.165) is 41.7 Å². The maximum atomic E-state index is 13.0. The molecule has 0 atom stereocenters. The molecule has 1 aliphatic rings. The lowest BCUT2D eigenvalue weighted by Crippen LogP contribution is -2.39. The van der Waals surface area contributed by atoms with Gasteiger partial charge >= 0.3 is 0 Å². The summed E-state index contributed by atoms with van der Waals surface area (Å²) in [5.41, 5.74) is 4.18. The van der Waals surface area contributed by atoms with Gasteiger partial charge in [-0.3, -0.25) is 5.10 Å². The van der Waals surface area contributed by atoms with Gasteiger partial charge in [0.05, 0.1) is 39.5 Å². The normalized spacial score (nSPS) is 15.7. The summed E-state index contributed by atoms with van der Waals surface area (Å²) in [7, 11) is -3.58. The molecule has 0 spiro atoms. The number of sulfonamides is 1. The van der Waals surface area contributed by atoms with Crippen LogP contribution < -0.4 is 0 Å². The van der Waals surface area contributed by atoms with Gasteiger partial charge in [-0.2, -0.15) is 14.7 Å². The number of nitrogens with one attached hydrogen (secondary N) is 1. The quantitative estimate of drug-likeness (QED) is 0.506. The Labute approximate surface area is 186 Å². The third-order valence-corrected chi connectivity index (χ3v) is 7.94. The highest BCUT2D eigenvalue weighted by atomic mass is 32.2. The van der Waals surface area contributed by atoms with Crippen LogP contribution in [0.2, 0.25) is 0 Å². The smallest absolute Gasteiger partial charge is 0.243 e. The van der Waals surface area contributed by atoms with Gasteiger partial charge < -0.3 is 4.57 Å². The second-order valence-electron chi connectivity index (χ2n) is 8.04. The van der Waals surface area contributed by atoms with Gasteiger partial charge in [-0.1, -0.05) is 6.07 Å². The van der Waals surface area contributed by atoms with E-state index in [1.165, 1.54) is 10.4 Å². The van der Waals surface area contributed by atoms with Crippen LogP contribution in [0.1, 0.15) is 18.4 Å². The largest absolute Gasteiger partial charge is 0.346 e. The van der Waals surface area contributed by atoms with Crippen molar-refractivity contribution in [2.45, 2.75) is 24.3 Å². The molecule has 1 aliphatic heterocycles. The standard InChI is InChI=1S/C23H22N6O2S/c24-13-18-2-1-3-20(12-18)32(30,31)29-10-6-17(7-11-29)16-28-9-8-22-23(28)5-4-21(27-22)19-14-25-26-15-19/h1-5,8-9,12,14-15,17H,6-7,10-11,16H2,(H,25,26). The zero-order valence-electron chi connectivity index (χ0n) is 17.3. The number of H-pyrrole nitrogens is 1. The highest BCUT2D eigenvalue weighted by Gasteiger charge is 2.29. The van der Waals surface area contributed by atoms with Gasteiger partial charge in [-0.15, -0.1) is 0 Å². The number of fused-ring (bicyclic) bond motifs is 1. The van der Waals surface area contributed by atoms with Crippen LogP contribution in [0.5, 0.6) is 0 Å². The lowest BCUT2D eigenvalue weighted by molar-refractivity contribution is 0.254. The van der Waals surface area contributed by atoms with Crippen molar-refractivity contribution in [2.24, 2.45) is 5.92 Å². The van der Waals surface area contributed by atoms with E-state index in [2.05, 4.69) is 20.8 Å². The number of piperidine rings is 1. The average Bonchev–Trinajstić information content (AvgIpc) is 3.50. The molecule has 1 saturated heterocycles. The molecule has 0 unspecified atom stereocenters. The molecule has 0 aliphatic carbocycles. The Kier molecular flexibility index (Phi) is 5.25. The SMILES string of the molecule is N#Cc1cccc(S(=O)(=O)N2CCC(Cn3ccc4nc(-c5cn[nH]c5)ccc43)CC2)c1. The zero-order chi connectivity index (χ0) is 22.1. The molecule has 3 aromatic heterocycles. The van der Waals surface area contributed by atoms with E-state index < -0.39 is 10.0 Å². The summed E-state index contributed by atoms with van der Waals surface area (Å²) in [5.74, 6) is 0.385. The first-order valence-electron chi connectivity index (χ1n) is 10.5. The van der Waals surface area contributed by atoms with E-state index in [1.807, 2.05) is 30.6 Å². The predicted molar refractivity (Wildman–Crippen MR) is 120 cm³/mol. The molecule has 8 nitrogen and oxygen atoms in total. The molecule has 0 bridgehead atoms. The van der Waals surface area contributed by atoms with Crippen molar-refractivity contribution < 1.29 is 8.42 Å². The van der Waals surface area contributed by atoms with Crippen molar-refractivity contribution in [3.63, 3.8) is 0 Å². The minimum atomic E-state index is -3.58. The summed E-state index contributed by atoms with van der Waals surface area (Å²) >= 11 is 0. The Bertz CT molecular complexity index is 1390.